The molecule has 0 saturated carbocycles. The molecule has 0 heterocycles. The highest BCUT2D eigenvalue weighted by Gasteiger charge is 2.17. The van der Waals surface area contributed by atoms with Crippen LogP contribution in [0, 0.1) is 5.92 Å². The van der Waals surface area contributed by atoms with Gasteiger partial charge in [0, 0.05) is 10.9 Å². The maximum absolute atomic E-state index is 12.4. The number of nitrogens with two attached hydrogens (primary N) is 1. The Labute approximate surface area is 151 Å². The molecule has 2 rings (SSSR count). The third-order valence-electron chi connectivity index (χ3n) is 3.64. The van der Waals surface area contributed by atoms with Crippen LogP contribution in [0.2, 0.25) is 10.0 Å². The standard InChI is InChI=1S/C18H20Cl2N2O2/c1-2-12(9-10-21)18(23)22-15-5-3-4-6-17(15)24-16-8-7-13(19)11-14(16)20/h3-8,11-12H,2,9-10,21H2,1H3,(H,22,23). The first-order chi connectivity index (χ1) is 11.5. The summed E-state index contributed by atoms with van der Waals surface area (Å²) in [6.45, 7) is 2.44. The van der Waals surface area contributed by atoms with E-state index in [0.29, 0.717) is 40.2 Å². The second-order valence-electron chi connectivity index (χ2n) is 5.34. The predicted molar refractivity (Wildman–Crippen MR) is 99.1 cm³/mol. The minimum absolute atomic E-state index is 0.0683. The van der Waals surface area contributed by atoms with Gasteiger partial charge in [0.25, 0.3) is 0 Å². The highest BCUT2D eigenvalue weighted by Crippen LogP contribution is 2.35. The second kappa shape index (κ2) is 8.92. The molecule has 3 N–H and O–H groups in total. The summed E-state index contributed by atoms with van der Waals surface area (Å²) >= 11 is 12.0. The van der Waals surface area contributed by atoms with Gasteiger partial charge in [0.05, 0.1) is 10.7 Å². The summed E-state index contributed by atoms with van der Waals surface area (Å²) in [6.07, 6.45) is 1.38. The van der Waals surface area contributed by atoms with Gasteiger partial charge in [-0.1, -0.05) is 42.3 Å². The van der Waals surface area contributed by atoms with E-state index in [1.165, 1.54) is 0 Å². The van der Waals surface area contributed by atoms with Gasteiger partial charge in [-0.05, 0) is 49.7 Å². The third kappa shape index (κ3) is 4.87. The van der Waals surface area contributed by atoms with Crippen LogP contribution in [0.25, 0.3) is 0 Å². The zero-order chi connectivity index (χ0) is 17.5. The van der Waals surface area contributed by atoms with Gasteiger partial charge in [0.2, 0.25) is 5.91 Å². The first kappa shape index (κ1) is 18.6. The number of hydrogen-bond donors (Lipinski definition) is 2. The van der Waals surface area contributed by atoms with Gasteiger partial charge >= 0.3 is 0 Å². The quantitative estimate of drug-likeness (QED) is 0.716. The number of halogens is 2. The molecule has 1 atom stereocenters. The van der Waals surface area contributed by atoms with Crippen molar-refractivity contribution in [2.24, 2.45) is 11.7 Å². The molecule has 128 valence electrons. The number of anilines is 1. The zero-order valence-corrected chi connectivity index (χ0v) is 14.9. The third-order valence-corrected chi connectivity index (χ3v) is 4.17. The van der Waals surface area contributed by atoms with Gasteiger partial charge in [-0.15, -0.1) is 0 Å². The van der Waals surface area contributed by atoms with E-state index in [4.69, 9.17) is 33.7 Å². The van der Waals surface area contributed by atoms with E-state index in [1.54, 1.807) is 30.3 Å². The fourth-order valence-corrected chi connectivity index (χ4v) is 2.74. The van der Waals surface area contributed by atoms with Crippen molar-refractivity contribution < 1.29 is 9.53 Å². The molecular formula is C18H20Cl2N2O2. The molecule has 0 bridgehead atoms. The number of para-hydroxylation sites is 2. The first-order valence-corrected chi connectivity index (χ1v) is 8.53. The molecule has 0 spiro atoms. The molecule has 1 unspecified atom stereocenters. The van der Waals surface area contributed by atoms with Crippen LogP contribution in [0.4, 0.5) is 5.69 Å². The number of hydrogen-bond acceptors (Lipinski definition) is 3. The summed E-state index contributed by atoms with van der Waals surface area (Å²) in [5.74, 6) is 0.790. The van der Waals surface area contributed by atoms with Crippen molar-refractivity contribution in [3.05, 3.63) is 52.5 Å². The molecule has 0 aliphatic rings. The first-order valence-electron chi connectivity index (χ1n) is 7.78. The SMILES string of the molecule is CCC(CCN)C(=O)Nc1ccccc1Oc1ccc(Cl)cc1Cl. The number of nitrogens with one attached hydrogen (secondary N) is 1. The Morgan fingerprint density at radius 1 is 1.21 bits per heavy atom. The Morgan fingerprint density at radius 2 is 1.96 bits per heavy atom. The summed E-state index contributed by atoms with van der Waals surface area (Å²) in [6, 6.07) is 12.2. The van der Waals surface area contributed by atoms with Crippen molar-refractivity contribution in [3.63, 3.8) is 0 Å². The lowest BCUT2D eigenvalue weighted by Crippen LogP contribution is -2.24. The molecule has 24 heavy (non-hydrogen) atoms. The van der Waals surface area contributed by atoms with Crippen LogP contribution in [-0.4, -0.2) is 12.5 Å². The Hall–Kier alpha value is -1.75. The molecule has 0 fully saturated rings. The summed E-state index contributed by atoms with van der Waals surface area (Å²) in [4.78, 5) is 12.4. The van der Waals surface area contributed by atoms with Crippen molar-refractivity contribution in [2.75, 3.05) is 11.9 Å². The molecule has 2 aromatic carbocycles. The average Bonchev–Trinajstić information content (AvgIpc) is 2.56. The van der Waals surface area contributed by atoms with Crippen LogP contribution in [0.15, 0.2) is 42.5 Å². The molecular weight excluding hydrogens is 347 g/mol. The van der Waals surface area contributed by atoms with E-state index in [-0.39, 0.29) is 11.8 Å². The molecule has 0 aliphatic carbocycles. The molecule has 0 radical (unpaired) electrons. The van der Waals surface area contributed by atoms with Gasteiger partial charge in [-0.3, -0.25) is 4.79 Å². The van der Waals surface area contributed by atoms with E-state index in [0.717, 1.165) is 6.42 Å². The van der Waals surface area contributed by atoms with E-state index < -0.39 is 0 Å². The fourth-order valence-electron chi connectivity index (χ4n) is 2.29. The summed E-state index contributed by atoms with van der Waals surface area (Å²) in [5.41, 5.74) is 6.15. The molecule has 0 aliphatic heterocycles. The molecule has 6 heteroatoms. The van der Waals surface area contributed by atoms with Crippen molar-refractivity contribution in [1.82, 2.24) is 0 Å². The largest absolute Gasteiger partial charge is 0.454 e. The van der Waals surface area contributed by atoms with Crippen LogP contribution in [0.3, 0.4) is 0 Å². The van der Waals surface area contributed by atoms with Gasteiger partial charge in [-0.2, -0.15) is 0 Å². The van der Waals surface area contributed by atoms with Crippen molar-refractivity contribution in [1.29, 1.82) is 0 Å². The zero-order valence-electron chi connectivity index (χ0n) is 13.4. The van der Waals surface area contributed by atoms with Gasteiger partial charge in [-0.25, -0.2) is 0 Å². The molecule has 4 nitrogen and oxygen atoms in total. The minimum Gasteiger partial charge on any atom is -0.454 e. The lowest BCUT2D eigenvalue weighted by Gasteiger charge is -2.17. The number of rotatable bonds is 7. The molecule has 0 saturated heterocycles. The monoisotopic (exact) mass is 366 g/mol. The van der Waals surface area contributed by atoms with Crippen molar-refractivity contribution in [3.8, 4) is 11.5 Å². The number of carbonyl (C=O) groups excluding carboxylic acids is 1. The van der Waals surface area contributed by atoms with E-state index >= 15 is 0 Å². The average molecular weight is 367 g/mol. The highest BCUT2D eigenvalue weighted by atomic mass is 35.5. The smallest absolute Gasteiger partial charge is 0.227 e. The van der Waals surface area contributed by atoms with Crippen molar-refractivity contribution >= 4 is 34.8 Å². The van der Waals surface area contributed by atoms with Gasteiger partial charge in [0.15, 0.2) is 5.75 Å². The van der Waals surface area contributed by atoms with Crippen LogP contribution in [-0.2, 0) is 4.79 Å². The summed E-state index contributed by atoms with van der Waals surface area (Å²) in [5, 5.41) is 3.84. The maximum atomic E-state index is 12.4. The Kier molecular flexibility index (Phi) is 6.91. The van der Waals surface area contributed by atoms with Crippen LogP contribution in [0.1, 0.15) is 19.8 Å². The molecule has 2 aromatic rings. The number of benzene rings is 2. The predicted octanol–water partition coefficient (Wildman–Crippen LogP) is 5.10. The molecule has 1 amide bonds. The number of amides is 1. The van der Waals surface area contributed by atoms with E-state index in [2.05, 4.69) is 5.32 Å². The lowest BCUT2D eigenvalue weighted by atomic mass is 10.0. The summed E-state index contributed by atoms with van der Waals surface area (Å²) in [7, 11) is 0. The number of ether oxygens (including phenoxy) is 1. The Balaban J connectivity index is 2.19. The topological polar surface area (TPSA) is 64.4 Å². The second-order valence-corrected chi connectivity index (χ2v) is 6.19. The van der Waals surface area contributed by atoms with Crippen LogP contribution < -0.4 is 15.8 Å². The highest BCUT2D eigenvalue weighted by molar-refractivity contribution is 6.35. The van der Waals surface area contributed by atoms with Crippen LogP contribution >= 0.6 is 23.2 Å². The summed E-state index contributed by atoms with van der Waals surface area (Å²) < 4.78 is 5.84. The Bertz CT molecular complexity index is 707. The van der Waals surface area contributed by atoms with Crippen LogP contribution in [0.5, 0.6) is 11.5 Å². The van der Waals surface area contributed by atoms with E-state index in [1.807, 2.05) is 19.1 Å². The molecule has 0 aromatic heterocycles. The minimum atomic E-state index is -0.123. The Morgan fingerprint density at radius 3 is 2.62 bits per heavy atom. The maximum Gasteiger partial charge on any atom is 0.227 e. The lowest BCUT2D eigenvalue weighted by molar-refractivity contribution is -0.120. The normalized spacial score (nSPS) is 11.8. The van der Waals surface area contributed by atoms with Gasteiger partial charge in [0.1, 0.15) is 5.75 Å². The van der Waals surface area contributed by atoms with E-state index in [9.17, 15) is 4.79 Å². The van der Waals surface area contributed by atoms with Gasteiger partial charge < -0.3 is 15.8 Å². The fraction of sp³-hybridized carbons (Fsp3) is 0.278. The van der Waals surface area contributed by atoms with Crippen molar-refractivity contribution in [2.45, 2.75) is 19.8 Å². The number of carbonyl (C=O) groups is 1.